The highest BCUT2D eigenvalue weighted by Gasteiger charge is 2.19. The van der Waals surface area contributed by atoms with Crippen LogP contribution in [0.4, 0.5) is 5.69 Å². The molecule has 0 spiro atoms. The molecule has 0 fully saturated rings. The van der Waals surface area contributed by atoms with Crippen LogP contribution in [0.3, 0.4) is 0 Å². The van der Waals surface area contributed by atoms with Crippen LogP contribution in [0.5, 0.6) is 0 Å². The Hall–Kier alpha value is -1.35. The normalized spacial score (nSPS) is 14.9. The van der Waals surface area contributed by atoms with E-state index in [0.29, 0.717) is 0 Å². The number of rotatable bonds is 1. The average molecular weight is 230 g/mol. The fourth-order valence-corrected chi connectivity index (χ4v) is 3.18. The summed E-state index contributed by atoms with van der Waals surface area (Å²) in [6, 6.07) is 10.6. The standard InChI is InChI=1S/C13H14N2S/c1-10-14-12-7-8-15(9-13(12)16-10)11-5-3-2-4-6-11/h2-6H,7-9H2,1H3. The molecule has 0 aliphatic carbocycles. The summed E-state index contributed by atoms with van der Waals surface area (Å²) in [7, 11) is 0. The van der Waals surface area contributed by atoms with Crippen molar-refractivity contribution in [2.24, 2.45) is 0 Å². The van der Waals surface area contributed by atoms with Gasteiger partial charge in [0.15, 0.2) is 0 Å². The number of nitrogens with zero attached hydrogens (tertiary/aromatic N) is 2. The minimum atomic E-state index is 1.02. The van der Waals surface area contributed by atoms with Gasteiger partial charge in [-0.3, -0.25) is 0 Å². The predicted octanol–water partition coefficient (Wildman–Crippen LogP) is 3.01. The van der Waals surface area contributed by atoms with E-state index in [4.69, 9.17) is 0 Å². The van der Waals surface area contributed by atoms with E-state index < -0.39 is 0 Å². The summed E-state index contributed by atoms with van der Waals surface area (Å²) in [4.78, 5) is 8.44. The maximum atomic E-state index is 4.57. The molecule has 0 amide bonds. The molecule has 0 saturated carbocycles. The molecule has 82 valence electrons. The van der Waals surface area contributed by atoms with Crippen molar-refractivity contribution in [3.63, 3.8) is 0 Å². The van der Waals surface area contributed by atoms with Crippen molar-refractivity contribution in [1.82, 2.24) is 4.98 Å². The van der Waals surface area contributed by atoms with Crippen LogP contribution in [-0.4, -0.2) is 11.5 Å². The van der Waals surface area contributed by atoms with E-state index in [0.717, 1.165) is 19.5 Å². The van der Waals surface area contributed by atoms with E-state index in [9.17, 15) is 0 Å². The molecule has 2 heterocycles. The Morgan fingerprint density at radius 3 is 2.88 bits per heavy atom. The number of anilines is 1. The minimum absolute atomic E-state index is 1.02. The Morgan fingerprint density at radius 1 is 1.25 bits per heavy atom. The molecule has 2 nitrogen and oxygen atoms in total. The van der Waals surface area contributed by atoms with E-state index >= 15 is 0 Å². The highest BCUT2D eigenvalue weighted by molar-refractivity contribution is 7.11. The average Bonchev–Trinajstić information content (AvgIpc) is 2.69. The molecule has 2 aromatic rings. The van der Waals surface area contributed by atoms with Gasteiger partial charge in [0.2, 0.25) is 0 Å². The van der Waals surface area contributed by atoms with Gasteiger partial charge < -0.3 is 4.90 Å². The SMILES string of the molecule is Cc1nc2c(s1)CN(c1ccccc1)CC2. The number of benzene rings is 1. The molecular formula is C13H14N2S. The number of hydrogen-bond donors (Lipinski definition) is 0. The Labute approximate surface area is 99.6 Å². The first kappa shape index (κ1) is 9.85. The van der Waals surface area contributed by atoms with Gasteiger partial charge in [0.05, 0.1) is 17.2 Å². The summed E-state index contributed by atoms with van der Waals surface area (Å²) in [6.45, 7) is 4.20. The fraction of sp³-hybridized carbons (Fsp3) is 0.308. The lowest BCUT2D eigenvalue weighted by Gasteiger charge is -2.28. The molecule has 0 unspecified atom stereocenters. The molecular weight excluding hydrogens is 216 g/mol. The minimum Gasteiger partial charge on any atom is -0.366 e. The monoisotopic (exact) mass is 230 g/mol. The summed E-state index contributed by atoms with van der Waals surface area (Å²) >= 11 is 1.84. The number of hydrogen-bond acceptors (Lipinski definition) is 3. The lowest BCUT2D eigenvalue weighted by molar-refractivity contribution is 0.728. The number of para-hydroxylation sites is 1. The third kappa shape index (κ3) is 1.71. The molecule has 1 aliphatic heterocycles. The Kier molecular flexibility index (Phi) is 2.40. The van der Waals surface area contributed by atoms with Gasteiger partial charge in [0.25, 0.3) is 0 Å². The molecule has 1 aromatic carbocycles. The van der Waals surface area contributed by atoms with Gasteiger partial charge in [-0.1, -0.05) is 18.2 Å². The van der Waals surface area contributed by atoms with Crippen LogP contribution in [0.15, 0.2) is 30.3 Å². The van der Waals surface area contributed by atoms with E-state index in [2.05, 4.69) is 47.1 Å². The second-order valence-electron chi connectivity index (χ2n) is 4.11. The summed E-state index contributed by atoms with van der Waals surface area (Å²) in [5.74, 6) is 0. The highest BCUT2D eigenvalue weighted by Crippen LogP contribution is 2.27. The van der Waals surface area contributed by atoms with E-state index in [1.165, 1.54) is 21.3 Å². The van der Waals surface area contributed by atoms with Crippen molar-refractivity contribution in [2.75, 3.05) is 11.4 Å². The lowest BCUT2D eigenvalue weighted by atomic mass is 10.1. The first-order valence-electron chi connectivity index (χ1n) is 5.58. The first-order chi connectivity index (χ1) is 7.83. The van der Waals surface area contributed by atoms with E-state index in [-0.39, 0.29) is 0 Å². The van der Waals surface area contributed by atoms with Crippen molar-refractivity contribution < 1.29 is 0 Å². The van der Waals surface area contributed by atoms with Crippen molar-refractivity contribution in [1.29, 1.82) is 0 Å². The topological polar surface area (TPSA) is 16.1 Å². The highest BCUT2D eigenvalue weighted by atomic mass is 32.1. The van der Waals surface area contributed by atoms with Crippen LogP contribution in [0.2, 0.25) is 0 Å². The third-order valence-electron chi connectivity index (χ3n) is 2.96. The van der Waals surface area contributed by atoms with Crippen molar-refractivity contribution in [3.8, 4) is 0 Å². The molecule has 3 rings (SSSR count). The molecule has 0 N–H and O–H groups in total. The Morgan fingerprint density at radius 2 is 2.06 bits per heavy atom. The zero-order chi connectivity index (χ0) is 11.0. The molecule has 0 saturated heterocycles. The van der Waals surface area contributed by atoms with E-state index in [1.54, 1.807) is 0 Å². The number of aryl methyl sites for hydroxylation is 1. The summed E-state index contributed by atoms with van der Waals surface area (Å²) in [6.07, 6.45) is 1.08. The van der Waals surface area contributed by atoms with Gasteiger partial charge in [-0.05, 0) is 19.1 Å². The quantitative estimate of drug-likeness (QED) is 0.748. The molecule has 1 aromatic heterocycles. The van der Waals surface area contributed by atoms with Crippen LogP contribution < -0.4 is 4.90 Å². The largest absolute Gasteiger partial charge is 0.366 e. The van der Waals surface area contributed by atoms with Gasteiger partial charge in [0.1, 0.15) is 0 Å². The smallest absolute Gasteiger partial charge is 0.0900 e. The Bertz CT molecular complexity index is 490. The zero-order valence-electron chi connectivity index (χ0n) is 9.31. The van der Waals surface area contributed by atoms with Gasteiger partial charge in [-0.2, -0.15) is 0 Å². The second-order valence-corrected chi connectivity index (χ2v) is 5.40. The van der Waals surface area contributed by atoms with Crippen LogP contribution in [0.1, 0.15) is 15.6 Å². The van der Waals surface area contributed by atoms with Gasteiger partial charge in [-0.15, -0.1) is 11.3 Å². The van der Waals surface area contributed by atoms with Gasteiger partial charge in [-0.25, -0.2) is 4.98 Å². The maximum absolute atomic E-state index is 4.57. The molecule has 3 heteroatoms. The van der Waals surface area contributed by atoms with Crippen LogP contribution in [0, 0.1) is 6.92 Å². The number of fused-ring (bicyclic) bond motifs is 1. The van der Waals surface area contributed by atoms with Crippen LogP contribution in [-0.2, 0) is 13.0 Å². The number of thiazole rings is 1. The first-order valence-corrected chi connectivity index (χ1v) is 6.40. The predicted molar refractivity (Wildman–Crippen MR) is 68.0 cm³/mol. The number of aromatic nitrogens is 1. The molecule has 0 radical (unpaired) electrons. The summed E-state index contributed by atoms with van der Waals surface area (Å²) in [5, 5.41) is 1.19. The van der Waals surface area contributed by atoms with Crippen LogP contribution >= 0.6 is 11.3 Å². The molecule has 0 atom stereocenters. The van der Waals surface area contributed by atoms with Crippen LogP contribution in [0.25, 0.3) is 0 Å². The van der Waals surface area contributed by atoms with E-state index in [1.807, 2.05) is 11.3 Å². The van der Waals surface area contributed by atoms with Crippen molar-refractivity contribution >= 4 is 17.0 Å². The third-order valence-corrected chi connectivity index (χ3v) is 3.96. The molecule has 1 aliphatic rings. The molecule has 0 bridgehead atoms. The lowest BCUT2D eigenvalue weighted by Crippen LogP contribution is -2.29. The van der Waals surface area contributed by atoms with Gasteiger partial charge >= 0.3 is 0 Å². The zero-order valence-corrected chi connectivity index (χ0v) is 10.1. The van der Waals surface area contributed by atoms with Gasteiger partial charge in [0, 0.05) is 23.5 Å². The fourth-order valence-electron chi connectivity index (χ4n) is 2.18. The Balaban J connectivity index is 1.88. The summed E-state index contributed by atoms with van der Waals surface area (Å²) < 4.78 is 0. The van der Waals surface area contributed by atoms with Crippen molar-refractivity contribution in [3.05, 3.63) is 45.9 Å². The van der Waals surface area contributed by atoms with Crippen molar-refractivity contribution in [2.45, 2.75) is 19.9 Å². The second kappa shape index (κ2) is 3.91. The summed E-state index contributed by atoms with van der Waals surface area (Å²) in [5.41, 5.74) is 2.63. The molecule has 16 heavy (non-hydrogen) atoms. The maximum Gasteiger partial charge on any atom is 0.0900 e.